The van der Waals surface area contributed by atoms with Crippen LogP contribution in [0.4, 0.5) is 5.95 Å². The van der Waals surface area contributed by atoms with Gasteiger partial charge in [0.15, 0.2) is 0 Å². The molecule has 0 amide bonds. The second kappa shape index (κ2) is 8.30. The van der Waals surface area contributed by atoms with E-state index in [4.69, 9.17) is 16.3 Å². The van der Waals surface area contributed by atoms with Crippen molar-refractivity contribution in [3.8, 4) is 5.75 Å². The third kappa shape index (κ3) is 4.81. The number of hydrogen-bond acceptors (Lipinski definition) is 5. The van der Waals surface area contributed by atoms with Crippen molar-refractivity contribution >= 4 is 17.5 Å². The first kappa shape index (κ1) is 17.0. The third-order valence-corrected chi connectivity index (χ3v) is 3.74. The molecule has 0 aliphatic carbocycles. The fourth-order valence-corrected chi connectivity index (χ4v) is 2.47. The van der Waals surface area contributed by atoms with E-state index >= 15 is 0 Å². The number of allylic oxidation sites excluding steroid dienone is 1. The van der Waals surface area contributed by atoms with Crippen LogP contribution in [0, 0.1) is 0 Å². The molecule has 3 rings (SSSR count). The first-order valence-electron chi connectivity index (χ1n) is 7.82. The lowest BCUT2D eigenvalue weighted by Crippen LogP contribution is -2.08. The summed E-state index contributed by atoms with van der Waals surface area (Å²) in [4.78, 5) is 0. The topological polar surface area (TPSA) is 64.9 Å². The number of anilines is 1. The average molecular weight is 356 g/mol. The summed E-state index contributed by atoms with van der Waals surface area (Å²) < 4.78 is 7.43. The van der Waals surface area contributed by atoms with Crippen molar-refractivity contribution in [2.45, 2.75) is 19.7 Å². The molecular formula is C18H18ClN5O. The van der Waals surface area contributed by atoms with Gasteiger partial charge in [-0.2, -0.15) is 0 Å². The summed E-state index contributed by atoms with van der Waals surface area (Å²) in [5.41, 5.74) is 2.13. The Morgan fingerprint density at radius 3 is 2.76 bits per heavy atom. The Bertz CT molecular complexity index is 831. The van der Waals surface area contributed by atoms with E-state index in [1.807, 2.05) is 48.5 Å². The molecule has 0 spiro atoms. The van der Waals surface area contributed by atoms with Gasteiger partial charge in [-0.25, -0.2) is 4.68 Å². The van der Waals surface area contributed by atoms with Gasteiger partial charge in [-0.3, -0.25) is 0 Å². The maximum atomic E-state index is 5.97. The molecule has 25 heavy (non-hydrogen) atoms. The van der Waals surface area contributed by atoms with Crippen LogP contribution >= 0.6 is 11.6 Å². The molecule has 0 aliphatic rings. The van der Waals surface area contributed by atoms with Crippen LogP contribution < -0.4 is 10.1 Å². The van der Waals surface area contributed by atoms with Gasteiger partial charge in [0, 0.05) is 11.6 Å². The Labute approximate surface area is 151 Å². The fraction of sp³-hybridized carbons (Fsp3) is 0.167. The third-order valence-electron chi connectivity index (χ3n) is 3.50. The van der Waals surface area contributed by atoms with E-state index in [0.717, 1.165) is 16.9 Å². The number of rotatable bonds is 8. The molecule has 0 saturated carbocycles. The van der Waals surface area contributed by atoms with Crippen molar-refractivity contribution in [2.75, 3.05) is 5.32 Å². The van der Waals surface area contributed by atoms with Crippen LogP contribution in [-0.2, 0) is 19.7 Å². The van der Waals surface area contributed by atoms with Crippen LogP contribution in [-0.4, -0.2) is 20.2 Å². The lowest BCUT2D eigenvalue weighted by Gasteiger charge is -2.09. The Hall–Kier alpha value is -2.86. The zero-order valence-electron chi connectivity index (χ0n) is 13.6. The normalized spacial score (nSPS) is 10.4. The Kier molecular flexibility index (Phi) is 5.64. The molecule has 0 aliphatic heterocycles. The summed E-state index contributed by atoms with van der Waals surface area (Å²) in [6, 6.07) is 15.5. The minimum atomic E-state index is 0.481. The average Bonchev–Trinajstić information content (AvgIpc) is 3.07. The molecule has 0 saturated heterocycles. The van der Waals surface area contributed by atoms with E-state index in [-0.39, 0.29) is 0 Å². The molecule has 1 heterocycles. The second-order valence-electron chi connectivity index (χ2n) is 5.39. The number of hydrogen-bond donors (Lipinski definition) is 1. The van der Waals surface area contributed by atoms with Gasteiger partial charge in [0.1, 0.15) is 12.4 Å². The molecule has 0 radical (unpaired) electrons. The van der Waals surface area contributed by atoms with Crippen LogP contribution in [0.1, 0.15) is 11.1 Å². The highest BCUT2D eigenvalue weighted by molar-refractivity contribution is 6.30. The highest BCUT2D eigenvalue weighted by Gasteiger charge is 2.04. The molecule has 1 aromatic heterocycles. The standard InChI is InChI=1S/C18H18ClN5O/c1-2-10-24-18(21-22-23-24)20-12-14-6-8-17(9-7-14)25-13-15-4-3-5-16(19)11-15/h2-9,11H,1,10,12-13H2,(H,20,21,23). The second-order valence-corrected chi connectivity index (χ2v) is 5.83. The molecule has 0 atom stereocenters. The Morgan fingerprint density at radius 2 is 2.00 bits per heavy atom. The van der Waals surface area contributed by atoms with Crippen LogP contribution in [0.2, 0.25) is 5.02 Å². The minimum absolute atomic E-state index is 0.481. The van der Waals surface area contributed by atoms with Gasteiger partial charge in [0.25, 0.3) is 0 Å². The molecule has 0 bridgehead atoms. The Balaban J connectivity index is 1.53. The number of nitrogens with one attached hydrogen (secondary N) is 1. The van der Waals surface area contributed by atoms with Gasteiger partial charge in [-0.15, -0.1) is 6.58 Å². The quantitative estimate of drug-likeness (QED) is 0.624. The van der Waals surface area contributed by atoms with E-state index in [0.29, 0.717) is 30.7 Å². The zero-order chi connectivity index (χ0) is 17.5. The summed E-state index contributed by atoms with van der Waals surface area (Å²) in [7, 11) is 0. The number of benzene rings is 2. The predicted octanol–water partition coefficient (Wildman–Crippen LogP) is 3.70. The molecule has 128 valence electrons. The van der Waals surface area contributed by atoms with Crippen molar-refractivity contribution in [1.82, 2.24) is 20.2 Å². The summed E-state index contributed by atoms with van der Waals surface area (Å²) in [6.45, 7) is 5.34. The first-order valence-corrected chi connectivity index (χ1v) is 8.19. The van der Waals surface area contributed by atoms with Crippen molar-refractivity contribution in [3.63, 3.8) is 0 Å². The maximum Gasteiger partial charge on any atom is 0.243 e. The summed E-state index contributed by atoms with van der Waals surface area (Å²) in [5.74, 6) is 1.42. The Morgan fingerprint density at radius 1 is 1.16 bits per heavy atom. The van der Waals surface area contributed by atoms with E-state index in [2.05, 4.69) is 27.4 Å². The van der Waals surface area contributed by atoms with Crippen molar-refractivity contribution in [3.05, 3.63) is 77.3 Å². The number of halogens is 1. The summed E-state index contributed by atoms with van der Waals surface area (Å²) in [5, 5.41) is 15.4. The molecule has 3 aromatic rings. The van der Waals surface area contributed by atoms with Gasteiger partial charge in [-0.05, 0) is 45.8 Å². The van der Waals surface area contributed by atoms with Crippen molar-refractivity contribution in [2.24, 2.45) is 0 Å². The predicted molar refractivity (Wildman–Crippen MR) is 97.6 cm³/mol. The van der Waals surface area contributed by atoms with Crippen molar-refractivity contribution < 1.29 is 4.74 Å². The smallest absolute Gasteiger partial charge is 0.243 e. The maximum absolute atomic E-state index is 5.97. The summed E-state index contributed by atoms with van der Waals surface area (Å²) in [6.07, 6.45) is 1.74. The highest BCUT2D eigenvalue weighted by Crippen LogP contribution is 2.17. The monoisotopic (exact) mass is 355 g/mol. The SMILES string of the molecule is C=CCn1nnnc1NCc1ccc(OCc2cccc(Cl)c2)cc1. The largest absolute Gasteiger partial charge is 0.489 e. The summed E-state index contributed by atoms with van der Waals surface area (Å²) >= 11 is 5.97. The number of aromatic nitrogens is 4. The minimum Gasteiger partial charge on any atom is -0.489 e. The van der Waals surface area contributed by atoms with Gasteiger partial charge >= 0.3 is 0 Å². The first-order chi connectivity index (χ1) is 12.2. The fourth-order valence-electron chi connectivity index (χ4n) is 2.25. The number of tetrazole rings is 1. The van der Waals surface area contributed by atoms with Gasteiger partial charge in [-0.1, -0.05) is 47.0 Å². The van der Waals surface area contributed by atoms with Gasteiger partial charge < -0.3 is 10.1 Å². The van der Waals surface area contributed by atoms with Crippen molar-refractivity contribution in [1.29, 1.82) is 0 Å². The molecule has 0 unspecified atom stereocenters. The van der Waals surface area contributed by atoms with Gasteiger partial charge in [0.2, 0.25) is 5.95 Å². The molecular weight excluding hydrogens is 338 g/mol. The lowest BCUT2D eigenvalue weighted by molar-refractivity contribution is 0.306. The van der Waals surface area contributed by atoms with Crippen LogP contribution in [0.15, 0.2) is 61.2 Å². The molecule has 2 aromatic carbocycles. The van der Waals surface area contributed by atoms with E-state index in [1.54, 1.807) is 10.8 Å². The van der Waals surface area contributed by atoms with E-state index in [1.165, 1.54) is 0 Å². The molecule has 6 nitrogen and oxygen atoms in total. The number of nitrogens with zero attached hydrogens (tertiary/aromatic N) is 4. The van der Waals surface area contributed by atoms with E-state index < -0.39 is 0 Å². The van der Waals surface area contributed by atoms with Crippen LogP contribution in [0.5, 0.6) is 5.75 Å². The highest BCUT2D eigenvalue weighted by atomic mass is 35.5. The lowest BCUT2D eigenvalue weighted by atomic mass is 10.2. The van der Waals surface area contributed by atoms with Crippen LogP contribution in [0.3, 0.4) is 0 Å². The van der Waals surface area contributed by atoms with E-state index in [9.17, 15) is 0 Å². The molecule has 0 fully saturated rings. The van der Waals surface area contributed by atoms with Gasteiger partial charge in [0.05, 0.1) is 6.54 Å². The number of ether oxygens (including phenoxy) is 1. The van der Waals surface area contributed by atoms with Crippen LogP contribution in [0.25, 0.3) is 0 Å². The molecule has 7 heteroatoms. The molecule has 1 N–H and O–H groups in total. The zero-order valence-corrected chi connectivity index (χ0v) is 14.4.